The van der Waals surface area contributed by atoms with Crippen molar-refractivity contribution in [3.05, 3.63) is 52.2 Å². The molecule has 0 saturated heterocycles. The van der Waals surface area contributed by atoms with Crippen molar-refractivity contribution < 1.29 is 23.1 Å². The Morgan fingerprint density at radius 3 is 2.58 bits per heavy atom. The summed E-state index contributed by atoms with van der Waals surface area (Å²) in [7, 11) is -3.93. The molecule has 0 spiro atoms. The van der Waals surface area contributed by atoms with Crippen LogP contribution in [0.1, 0.15) is 35.4 Å². The van der Waals surface area contributed by atoms with Crippen LogP contribution >= 0.6 is 11.3 Å². The molecule has 1 aliphatic rings. The van der Waals surface area contributed by atoms with Crippen LogP contribution in [0.2, 0.25) is 0 Å². The normalized spacial score (nSPS) is 14.7. The molecule has 1 aliphatic heterocycles. The number of guanidine groups is 1. The molecule has 1 aromatic heterocycles. The molecule has 1 amide bonds. The van der Waals surface area contributed by atoms with Gasteiger partial charge in [-0.25, -0.2) is 8.42 Å². The molecule has 9 nitrogen and oxygen atoms in total. The molecule has 0 bridgehead atoms. The minimum absolute atomic E-state index is 0.0264. The van der Waals surface area contributed by atoms with E-state index in [1.165, 1.54) is 23.5 Å². The minimum Gasteiger partial charge on any atom is -0.480 e. The van der Waals surface area contributed by atoms with Gasteiger partial charge in [0.1, 0.15) is 6.04 Å². The van der Waals surface area contributed by atoms with Crippen molar-refractivity contribution >= 4 is 39.2 Å². The highest BCUT2D eigenvalue weighted by molar-refractivity contribution is 7.89. The van der Waals surface area contributed by atoms with E-state index >= 15 is 0 Å². The van der Waals surface area contributed by atoms with Crippen LogP contribution in [0.25, 0.3) is 0 Å². The average molecular weight is 493 g/mol. The van der Waals surface area contributed by atoms with Gasteiger partial charge in [-0.15, -0.1) is 11.3 Å². The Hall–Kier alpha value is -2.76. The van der Waals surface area contributed by atoms with Crippen LogP contribution in [0.15, 0.2) is 52.4 Å². The Morgan fingerprint density at radius 2 is 1.88 bits per heavy atom. The fraction of sp³-hybridized carbons (Fsp3) is 0.409. The first-order valence-corrected chi connectivity index (χ1v) is 13.1. The molecule has 2 heterocycles. The Kier molecular flexibility index (Phi) is 8.98. The third-order valence-corrected chi connectivity index (χ3v) is 7.66. The molecule has 1 aromatic carbocycles. The lowest BCUT2D eigenvalue weighted by atomic mass is 10.1. The van der Waals surface area contributed by atoms with Crippen LogP contribution in [0.3, 0.4) is 0 Å². The van der Waals surface area contributed by atoms with Crippen molar-refractivity contribution in [2.24, 2.45) is 4.99 Å². The first-order chi connectivity index (χ1) is 15.8. The van der Waals surface area contributed by atoms with Crippen LogP contribution in [0, 0.1) is 0 Å². The van der Waals surface area contributed by atoms with Gasteiger partial charge < -0.3 is 10.4 Å². The number of carboxylic acids is 1. The van der Waals surface area contributed by atoms with Crippen molar-refractivity contribution in [2.75, 3.05) is 13.1 Å². The van der Waals surface area contributed by atoms with Crippen LogP contribution in [-0.2, 0) is 32.5 Å². The number of nitrogens with one attached hydrogen (secondary N) is 3. The molecule has 0 fully saturated rings. The monoisotopic (exact) mass is 492 g/mol. The van der Waals surface area contributed by atoms with E-state index in [2.05, 4.69) is 20.3 Å². The molecule has 2 aromatic rings. The molecule has 0 saturated carbocycles. The standard InChI is InChI=1S/C22H28N4O5S2/c27-20(25-22-23-13-6-14-24-22)10-5-4-7-16-11-12-17(32-16)15-19(21(28)29)26-33(30,31)18-8-2-1-3-9-18/h1-3,8-9,11-12,19,26H,4-7,10,13-15H2,(H,28,29)(H2,23,24,25,27). The van der Waals surface area contributed by atoms with E-state index in [-0.39, 0.29) is 17.2 Å². The highest BCUT2D eigenvalue weighted by Gasteiger charge is 2.26. The van der Waals surface area contributed by atoms with Gasteiger partial charge in [-0.3, -0.25) is 19.9 Å². The number of aliphatic carboxylic acids is 1. The highest BCUT2D eigenvalue weighted by atomic mass is 32.2. The maximum atomic E-state index is 12.5. The van der Waals surface area contributed by atoms with E-state index in [9.17, 15) is 23.1 Å². The summed E-state index contributed by atoms with van der Waals surface area (Å²) in [5.74, 6) is -0.748. The number of carbonyl (C=O) groups excluding carboxylic acids is 1. The number of rotatable bonds is 11. The summed E-state index contributed by atoms with van der Waals surface area (Å²) >= 11 is 1.46. The van der Waals surface area contributed by atoms with Crippen LogP contribution < -0.4 is 15.4 Å². The van der Waals surface area contributed by atoms with E-state index in [4.69, 9.17) is 0 Å². The number of carboxylic acid groups (broad SMARTS) is 1. The molecule has 1 unspecified atom stereocenters. The van der Waals surface area contributed by atoms with Gasteiger partial charge in [0.2, 0.25) is 15.9 Å². The number of hydrogen-bond acceptors (Lipinski definition) is 7. The lowest BCUT2D eigenvalue weighted by Crippen LogP contribution is -2.43. The second-order valence-corrected chi connectivity index (χ2v) is 10.6. The molecule has 0 aliphatic carbocycles. The van der Waals surface area contributed by atoms with Crippen LogP contribution in [0.5, 0.6) is 0 Å². The summed E-state index contributed by atoms with van der Waals surface area (Å²) in [4.78, 5) is 29.7. The number of unbranched alkanes of at least 4 members (excludes halogenated alkanes) is 1. The summed E-state index contributed by atoms with van der Waals surface area (Å²) in [5, 5.41) is 15.3. The maximum absolute atomic E-state index is 12.5. The number of aryl methyl sites for hydroxylation is 1. The molecule has 0 radical (unpaired) electrons. The molecular weight excluding hydrogens is 464 g/mol. The number of thiophene rings is 1. The Labute approximate surface area is 197 Å². The van der Waals surface area contributed by atoms with Gasteiger partial charge in [0.15, 0.2) is 5.96 Å². The summed E-state index contributed by atoms with van der Waals surface area (Å²) in [6.07, 6.45) is 3.74. The third kappa shape index (κ3) is 7.95. The summed E-state index contributed by atoms with van der Waals surface area (Å²) in [6, 6.07) is 10.2. The van der Waals surface area contributed by atoms with Crippen molar-refractivity contribution in [2.45, 2.75) is 49.5 Å². The first-order valence-electron chi connectivity index (χ1n) is 10.8. The second-order valence-electron chi connectivity index (χ2n) is 7.66. The maximum Gasteiger partial charge on any atom is 0.322 e. The zero-order valence-electron chi connectivity index (χ0n) is 18.1. The zero-order chi connectivity index (χ0) is 23.7. The second kappa shape index (κ2) is 11.9. The molecule has 1 atom stereocenters. The summed E-state index contributed by atoms with van der Waals surface area (Å²) in [5.41, 5.74) is 0. The quantitative estimate of drug-likeness (QED) is 0.354. The smallest absolute Gasteiger partial charge is 0.322 e. The number of hydrogen-bond donors (Lipinski definition) is 4. The van der Waals surface area contributed by atoms with Gasteiger partial charge in [0.25, 0.3) is 0 Å². The predicted octanol–water partition coefficient (Wildman–Crippen LogP) is 1.90. The van der Waals surface area contributed by atoms with Gasteiger partial charge in [0, 0.05) is 35.7 Å². The van der Waals surface area contributed by atoms with Gasteiger partial charge in [-0.05, 0) is 49.9 Å². The molecule has 33 heavy (non-hydrogen) atoms. The van der Waals surface area contributed by atoms with Crippen molar-refractivity contribution in [1.29, 1.82) is 0 Å². The average Bonchev–Trinajstić information content (AvgIpc) is 3.24. The van der Waals surface area contributed by atoms with Gasteiger partial charge in [0.05, 0.1) is 4.90 Å². The van der Waals surface area contributed by atoms with E-state index in [1.54, 1.807) is 18.2 Å². The molecular formula is C22H28N4O5S2. The molecule has 4 N–H and O–H groups in total. The SMILES string of the molecule is O=C(CCCCc1ccc(CC(NS(=O)(=O)c2ccccc2)C(=O)O)s1)NC1=NCCCN1. The fourth-order valence-electron chi connectivity index (χ4n) is 3.30. The largest absolute Gasteiger partial charge is 0.480 e. The zero-order valence-corrected chi connectivity index (χ0v) is 19.8. The number of carbonyl (C=O) groups is 2. The number of aliphatic imine (C=N–C) groups is 1. The lowest BCUT2D eigenvalue weighted by Gasteiger charge is -2.14. The van der Waals surface area contributed by atoms with Crippen molar-refractivity contribution in [3.8, 4) is 0 Å². The van der Waals surface area contributed by atoms with Crippen molar-refractivity contribution in [1.82, 2.24) is 15.4 Å². The summed E-state index contributed by atoms with van der Waals surface area (Å²) in [6.45, 7) is 1.54. The molecule has 3 rings (SSSR count). The topological polar surface area (TPSA) is 137 Å². The van der Waals surface area contributed by atoms with Gasteiger partial charge in [-0.2, -0.15) is 4.72 Å². The van der Waals surface area contributed by atoms with Gasteiger partial charge in [-0.1, -0.05) is 18.2 Å². The predicted molar refractivity (Wildman–Crippen MR) is 127 cm³/mol. The fourth-order valence-corrected chi connectivity index (χ4v) is 5.61. The van der Waals surface area contributed by atoms with Crippen LogP contribution in [0.4, 0.5) is 0 Å². The Balaban J connectivity index is 1.46. The Bertz CT molecular complexity index is 1080. The van der Waals surface area contributed by atoms with Crippen LogP contribution in [-0.4, -0.2) is 50.5 Å². The highest BCUT2D eigenvalue weighted by Crippen LogP contribution is 2.21. The minimum atomic E-state index is -3.93. The van der Waals surface area contributed by atoms with E-state index in [0.717, 1.165) is 48.5 Å². The lowest BCUT2D eigenvalue weighted by molar-refractivity contribution is -0.138. The number of benzene rings is 1. The first kappa shape index (κ1) is 24.9. The molecule has 178 valence electrons. The van der Waals surface area contributed by atoms with E-state index in [0.29, 0.717) is 12.4 Å². The third-order valence-electron chi connectivity index (χ3n) is 5.00. The molecule has 11 heteroatoms. The van der Waals surface area contributed by atoms with E-state index in [1.807, 2.05) is 12.1 Å². The number of nitrogens with zero attached hydrogens (tertiary/aromatic N) is 1. The van der Waals surface area contributed by atoms with Gasteiger partial charge >= 0.3 is 5.97 Å². The number of amides is 1. The van der Waals surface area contributed by atoms with Crippen molar-refractivity contribution in [3.63, 3.8) is 0 Å². The number of sulfonamides is 1. The Morgan fingerprint density at radius 1 is 1.12 bits per heavy atom. The van der Waals surface area contributed by atoms with E-state index < -0.39 is 22.0 Å². The summed E-state index contributed by atoms with van der Waals surface area (Å²) < 4.78 is 27.3.